The van der Waals surface area contributed by atoms with Gasteiger partial charge in [-0.15, -0.1) is 0 Å². The van der Waals surface area contributed by atoms with Gasteiger partial charge in [-0.1, -0.05) is 0 Å². The molecule has 0 unspecified atom stereocenters. The Morgan fingerprint density at radius 2 is 0.818 bits per heavy atom. The van der Waals surface area contributed by atoms with E-state index < -0.39 is 12.4 Å². The van der Waals surface area contributed by atoms with Crippen LogP contribution in [0.15, 0.2) is 9.53 Å². The predicted octanol–water partition coefficient (Wildman–Crippen LogP) is 5.63. The summed E-state index contributed by atoms with van der Waals surface area (Å²) in [5.74, 6) is 0. The van der Waals surface area contributed by atoms with Crippen molar-refractivity contribution >= 4 is 77.5 Å². The summed E-state index contributed by atoms with van der Waals surface area (Å²) in [5.41, 5.74) is 1.98. The van der Waals surface area contributed by atoms with Gasteiger partial charge >= 0.3 is 254 Å². The van der Waals surface area contributed by atoms with E-state index in [1.54, 1.807) is 0 Å². The first-order valence-corrected chi connectivity index (χ1v) is 19.5. The van der Waals surface area contributed by atoms with Gasteiger partial charge in [0.15, 0.2) is 0 Å². The van der Waals surface area contributed by atoms with Crippen molar-refractivity contribution in [3.8, 4) is 0 Å². The van der Waals surface area contributed by atoms with E-state index in [-0.39, 0.29) is 27.3 Å². The van der Waals surface area contributed by atoms with Gasteiger partial charge in [-0.2, -0.15) is 0 Å². The van der Waals surface area contributed by atoms with Gasteiger partial charge in [-0.05, 0) is 0 Å². The molecule has 0 aromatic heterocycles. The summed E-state index contributed by atoms with van der Waals surface area (Å²) in [7, 11) is 0. The largest absolute Gasteiger partial charge is 2.00 e. The van der Waals surface area contributed by atoms with E-state index in [0.717, 1.165) is 35.6 Å². The summed E-state index contributed by atoms with van der Waals surface area (Å²) in [6, 6.07) is 0. The molecule has 0 atom stereocenters. The Kier molecular flexibility index (Phi) is 17.3. The molecule has 0 aromatic rings. The summed E-state index contributed by atoms with van der Waals surface area (Å²) < 4.78 is 11.9. The molecule has 11 heteroatoms. The molecule has 0 bridgehead atoms. The van der Waals surface area contributed by atoms with Gasteiger partial charge in [-0.25, -0.2) is 0 Å². The second-order valence-electron chi connectivity index (χ2n) is 9.87. The first-order valence-electron chi connectivity index (χ1n) is 12.0. The second kappa shape index (κ2) is 16.2. The van der Waals surface area contributed by atoms with E-state index in [2.05, 4.69) is 97.2 Å². The van der Waals surface area contributed by atoms with E-state index in [0.29, 0.717) is 22.6 Å². The quantitative estimate of drug-likeness (QED) is 0.152. The average Bonchev–Trinajstić information content (AvgIpc) is 3.41. The van der Waals surface area contributed by atoms with Crippen molar-refractivity contribution in [2.75, 3.05) is 26.2 Å². The van der Waals surface area contributed by atoms with E-state index in [4.69, 9.17) is 33.1 Å². The Labute approximate surface area is 251 Å². The van der Waals surface area contributed by atoms with Gasteiger partial charge in [-0.3, -0.25) is 0 Å². The number of amidine groups is 2. The Hall–Kier alpha value is 2.20. The topological polar surface area (TPSA) is 31.2 Å². The number of likely N-dealkylation sites (tertiary alicyclic amines) is 2. The maximum atomic E-state index is 5.84. The zero-order chi connectivity index (χ0) is 24.7. The molecule has 2 aliphatic heterocycles. The molecular weight excluding hydrogens is 717 g/mol. The first-order chi connectivity index (χ1) is 14.8. The van der Waals surface area contributed by atoms with E-state index >= 15 is 0 Å². The monoisotopic (exact) mass is 764 g/mol. The second-order valence-corrected chi connectivity index (χ2v) is 22.1. The van der Waals surface area contributed by atoms with Crippen LogP contribution < -0.4 is 0 Å². The van der Waals surface area contributed by atoms with Crippen LogP contribution in [-0.4, -0.2) is 100 Å². The summed E-state index contributed by atoms with van der Waals surface area (Å²) in [6.45, 7) is 22.2. The van der Waals surface area contributed by atoms with Gasteiger partial charge in [0.25, 0.3) is 0 Å². The van der Waals surface area contributed by atoms with Gasteiger partial charge in [0.2, 0.25) is 0 Å². The molecule has 2 aliphatic rings. The van der Waals surface area contributed by atoms with Crippen LogP contribution in [0.5, 0.6) is 0 Å². The van der Waals surface area contributed by atoms with Crippen LogP contribution in [0.3, 0.4) is 0 Å². The standard InChI is InChI=1S/2C11H23N2PSSe.Cd/c2*1-9(2)14(15,10(3)4)12-11(16)13-7-5-6-8-13;/h2*9-10H,5-8H2,1-4H3,(H,12,15,16);/q;;+2/p-2. The minimum atomic E-state index is -1.62. The number of hydrogen-bond acceptors (Lipinski definition) is 2. The molecule has 2 heterocycles. The zero-order valence-corrected chi connectivity index (χ0v) is 32.9. The maximum absolute atomic E-state index is 5.84. The molecule has 0 saturated carbocycles. The number of hydrogen-bond donors (Lipinski definition) is 0. The first kappa shape index (κ1) is 35.2. The molecule has 0 N–H and O–H groups in total. The molecule has 0 spiro atoms. The normalized spacial score (nSPS) is 18.3. The Balaban J connectivity index is 0.000000602. The zero-order valence-electron chi connectivity index (χ0n) is 22.0. The third-order valence-electron chi connectivity index (χ3n) is 6.20. The molecule has 33 heavy (non-hydrogen) atoms. The molecule has 2 saturated heterocycles. The number of nitrogens with zero attached hydrogens (tertiary/aromatic N) is 4. The van der Waals surface area contributed by atoms with E-state index in [9.17, 15) is 0 Å². The van der Waals surface area contributed by atoms with Gasteiger partial charge in [0, 0.05) is 0 Å². The van der Waals surface area contributed by atoms with Crippen molar-refractivity contribution in [2.24, 2.45) is 9.53 Å². The fraction of sp³-hybridized carbons (Fsp3) is 0.909. The third-order valence-corrected chi connectivity index (χ3v) is 20.7. The van der Waals surface area contributed by atoms with Crippen molar-refractivity contribution in [1.82, 2.24) is 9.80 Å². The van der Waals surface area contributed by atoms with Crippen LogP contribution in [0, 0.1) is 0 Å². The molecule has 0 amide bonds. The van der Waals surface area contributed by atoms with Crippen molar-refractivity contribution < 1.29 is 27.3 Å². The van der Waals surface area contributed by atoms with Crippen LogP contribution in [0.25, 0.3) is 0 Å². The van der Waals surface area contributed by atoms with Crippen LogP contribution >= 0.6 is 12.4 Å². The van der Waals surface area contributed by atoms with E-state index in [1.807, 2.05) is 0 Å². The van der Waals surface area contributed by atoms with Gasteiger partial charge < -0.3 is 0 Å². The molecule has 2 fully saturated rings. The van der Waals surface area contributed by atoms with Crippen LogP contribution in [-0.2, 0) is 50.9 Å². The molecule has 0 aliphatic carbocycles. The molecule has 2 rings (SSSR count). The van der Waals surface area contributed by atoms with Crippen LogP contribution in [0.1, 0.15) is 81.1 Å². The van der Waals surface area contributed by atoms with Gasteiger partial charge in [0.05, 0.1) is 0 Å². The average molecular weight is 761 g/mol. The summed E-state index contributed by atoms with van der Waals surface area (Å²) in [4.78, 5) is 4.68. The molecule has 4 nitrogen and oxygen atoms in total. The smallest absolute Gasteiger partial charge is 2.00 e. The minimum Gasteiger partial charge on any atom is 2.00 e. The Morgan fingerprint density at radius 1 is 0.606 bits per heavy atom. The minimum absolute atomic E-state index is 0. The van der Waals surface area contributed by atoms with Crippen molar-refractivity contribution in [3.63, 3.8) is 0 Å². The maximum Gasteiger partial charge on any atom is 2.00 e. The Morgan fingerprint density at radius 3 is 1.00 bits per heavy atom. The van der Waals surface area contributed by atoms with Gasteiger partial charge in [0.1, 0.15) is 0 Å². The fourth-order valence-corrected chi connectivity index (χ4v) is 11.6. The van der Waals surface area contributed by atoms with Crippen molar-refractivity contribution in [3.05, 3.63) is 0 Å². The summed E-state index contributed by atoms with van der Waals surface area (Å²) >= 11 is 17.9. The predicted molar refractivity (Wildman–Crippen MR) is 157 cm³/mol. The molecule has 188 valence electrons. The molecule has 0 aromatic carbocycles. The molecule has 0 radical (unpaired) electrons. The number of rotatable bonds is 6. The molecular formula is C22H44CdN4P2S2Se2. The van der Waals surface area contributed by atoms with Crippen molar-refractivity contribution in [1.29, 1.82) is 0 Å². The van der Waals surface area contributed by atoms with Crippen molar-refractivity contribution in [2.45, 2.75) is 104 Å². The van der Waals surface area contributed by atoms with Crippen LogP contribution in [0.2, 0.25) is 0 Å². The fourth-order valence-electron chi connectivity index (χ4n) is 3.87. The van der Waals surface area contributed by atoms with E-state index in [1.165, 1.54) is 25.7 Å². The SMILES string of the molecule is CC(C)P(=S)(/N=C(\[Se-])N1CCCC1)C(C)C.CC(C)P(=S)(/N=C(\[Se-])N1CCCC1)C(C)C.[Cd+2]. The summed E-state index contributed by atoms with van der Waals surface area (Å²) in [5, 5.41) is 0. The third kappa shape index (κ3) is 10.5. The Bertz CT molecular complexity index is 663. The van der Waals surface area contributed by atoms with Crippen LogP contribution in [0.4, 0.5) is 0 Å². The summed E-state index contributed by atoms with van der Waals surface area (Å²) in [6.07, 6.45) is 1.89.